The average molecular weight is 286 g/mol. The molecule has 5 heteroatoms. The fourth-order valence-electron chi connectivity index (χ4n) is 2.76. The number of ether oxygens (including phenoxy) is 1. The summed E-state index contributed by atoms with van der Waals surface area (Å²) in [6, 6.07) is 5.75. The summed E-state index contributed by atoms with van der Waals surface area (Å²) in [6.07, 6.45) is 2.70. The molecule has 110 valence electrons. The number of carbonyl (C=O) groups is 2. The van der Waals surface area contributed by atoms with Gasteiger partial charge in [0.25, 0.3) is 5.91 Å². The minimum absolute atomic E-state index is 0.0730. The lowest BCUT2D eigenvalue weighted by atomic mass is 10.1. The number of rotatable bonds is 3. The molecule has 1 aromatic carbocycles. The van der Waals surface area contributed by atoms with E-state index in [0.29, 0.717) is 19.7 Å². The van der Waals surface area contributed by atoms with Crippen LogP contribution in [0, 0.1) is 0 Å². The van der Waals surface area contributed by atoms with Crippen molar-refractivity contribution >= 4 is 17.5 Å². The lowest BCUT2D eigenvalue weighted by molar-refractivity contribution is -0.126. The van der Waals surface area contributed by atoms with E-state index >= 15 is 0 Å². The smallest absolute Gasteiger partial charge is 0.253 e. The number of anilines is 1. The van der Waals surface area contributed by atoms with Gasteiger partial charge in [0.1, 0.15) is 6.10 Å². The maximum Gasteiger partial charge on any atom is 0.253 e. The van der Waals surface area contributed by atoms with Gasteiger partial charge in [-0.15, -0.1) is 0 Å². The second kappa shape index (κ2) is 5.69. The first-order chi connectivity index (χ1) is 10.2. The number of hydrogen-bond acceptors (Lipinski definition) is 3. The molecule has 2 aliphatic rings. The summed E-state index contributed by atoms with van der Waals surface area (Å²) in [7, 11) is 0. The number of carbonyl (C=O) groups excluding carboxylic acids is 2. The molecular formula is C16H18N2O3. The predicted molar refractivity (Wildman–Crippen MR) is 78.5 cm³/mol. The van der Waals surface area contributed by atoms with Gasteiger partial charge in [-0.25, -0.2) is 0 Å². The van der Waals surface area contributed by atoms with Crippen LogP contribution in [0.5, 0.6) is 0 Å². The van der Waals surface area contributed by atoms with Gasteiger partial charge in [-0.1, -0.05) is 12.6 Å². The minimum atomic E-state index is -0.336. The van der Waals surface area contributed by atoms with Crippen LogP contribution in [0.15, 0.2) is 30.9 Å². The van der Waals surface area contributed by atoms with Crippen LogP contribution in [0.2, 0.25) is 0 Å². The second-order valence-corrected chi connectivity index (χ2v) is 5.37. The van der Waals surface area contributed by atoms with E-state index in [2.05, 4.69) is 11.9 Å². The van der Waals surface area contributed by atoms with E-state index in [0.717, 1.165) is 29.7 Å². The normalized spacial score (nSPS) is 20.2. The largest absolute Gasteiger partial charge is 0.368 e. The van der Waals surface area contributed by atoms with Gasteiger partial charge in [-0.05, 0) is 42.2 Å². The third-order valence-electron chi connectivity index (χ3n) is 3.90. The second-order valence-electron chi connectivity index (χ2n) is 5.37. The van der Waals surface area contributed by atoms with Crippen molar-refractivity contribution in [1.82, 2.24) is 4.90 Å². The van der Waals surface area contributed by atoms with E-state index in [9.17, 15) is 9.59 Å². The molecule has 2 aliphatic heterocycles. The van der Waals surface area contributed by atoms with Gasteiger partial charge in [0.15, 0.2) is 0 Å². The molecule has 1 N–H and O–H groups in total. The molecule has 21 heavy (non-hydrogen) atoms. The molecule has 0 unspecified atom stereocenters. The maximum atomic E-state index is 12.0. The highest BCUT2D eigenvalue weighted by Gasteiger charge is 2.25. The van der Waals surface area contributed by atoms with Crippen molar-refractivity contribution in [3.8, 4) is 0 Å². The Balaban J connectivity index is 1.69. The standard InChI is InChI=1S/C16H18N2O3/c1-2-15(19)18-9-11-5-6-13(8-12(11)10-18)17-16(20)14-4-3-7-21-14/h2,5-6,8,14H,1,3-4,7,9-10H2,(H,17,20)/t14-/m1/s1. The highest BCUT2D eigenvalue weighted by Crippen LogP contribution is 2.26. The van der Waals surface area contributed by atoms with Crippen molar-refractivity contribution in [2.24, 2.45) is 0 Å². The molecule has 1 saturated heterocycles. The topological polar surface area (TPSA) is 58.6 Å². The maximum absolute atomic E-state index is 12.0. The first-order valence-corrected chi connectivity index (χ1v) is 7.13. The Morgan fingerprint density at radius 2 is 2.14 bits per heavy atom. The molecule has 0 spiro atoms. The summed E-state index contributed by atoms with van der Waals surface area (Å²) in [5.41, 5.74) is 2.93. The fourth-order valence-corrected chi connectivity index (χ4v) is 2.76. The van der Waals surface area contributed by atoms with Crippen molar-refractivity contribution in [2.75, 3.05) is 11.9 Å². The molecule has 0 aliphatic carbocycles. The molecule has 2 amide bonds. The van der Waals surface area contributed by atoms with E-state index in [1.54, 1.807) is 4.90 Å². The summed E-state index contributed by atoms with van der Waals surface area (Å²) >= 11 is 0. The molecule has 2 heterocycles. The quantitative estimate of drug-likeness (QED) is 0.862. The Kier molecular flexibility index (Phi) is 3.75. The zero-order chi connectivity index (χ0) is 14.8. The van der Waals surface area contributed by atoms with E-state index < -0.39 is 0 Å². The van der Waals surface area contributed by atoms with Crippen LogP contribution in [-0.4, -0.2) is 29.4 Å². The minimum Gasteiger partial charge on any atom is -0.368 e. The first kappa shape index (κ1) is 13.8. The Bertz CT molecular complexity index is 591. The molecule has 0 bridgehead atoms. The summed E-state index contributed by atoms with van der Waals surface area (Å²) in [4.78, 5) is 25.4. The summed E-state index contributed by atoms with van der Waals surface area (Å²) in [6.45, 7) is 5.32. The molecule has 5 nitrogen and oxygen atoms in total. The van der Waals surface area contributed by atoms with Gasteiger partial charge >= 0.3 is 0 Å². The molecule has 1 atom stereocenters. The number of nitrogens with zero attached hydrogens (tertiary/aromatic N) is 1. The number of hydrogen-bond donors (Lipinski definition) is 1. The van der Waals surface area contributed by atoms with Gasteiger partial charge in [0.2, 0.25) is 5.91 Å². The molecule has 0 aromatic heterocycles. The van der Waals surface area contributed by atoms with Gasteiger partial charge in [0, 0.05) is 25.4 Å². The third kappa shape index (κ3) is 2.83. The van der Waals surface area contributed by atoms with Crippen LogP contribution < -0.4 is 5.32 Å². The molecule has 1 fully saturated rings. The van der Waals surface area contributed by atoms with Crippen LogP contribution >= 0.6 is 0 Å². The molecule has 0 radical (unpaired) electrons. The molecule has 0 saturated carbocycles. The van der Waals surface area contributed by atoms with E-state index in [4.69, 9.17) is 4.74 Å². The third-order valence-corrected chi connectivity index (χ3v) is 3.90. The SMILES string of the molecule is C=CC(=O)N1Cc2ccc(NC(=O)[C@H]3CCCO3)cc2C1. The Morgan fingerprint density at radius 1 is 1.33 bits per heavy atom. The van der Waals surface area contributed by atoms with Crippen LogP contribution in [0.3, 0.4) is 0 Å². The van der Waals surface area contributed by atoms with Crippen molar-refractivity contribution < 1.29 is 14.3 Å². The fraction of sp³-hybridized carbons (Fsp3) is 0.375. The van der Waals surface area contributed by atoms with Gasteiger partial charge < -0.3 is 15.0 Å². The summed E-state index contributed by atoms with van der Waals surface area (Å²) < 4.78 is 5.37. The monoisotopic (exact) mass is 286 g/mol. The van der Waals surface area contributed by atoms with Gasteiger partial charge in [-0.3, -0.25) is 9.59 Å². The predicted octanol–water partition coefficient (Wildman–Crippen LogP) is 1.83. The van der Waals surface area contributed by atoms with Crippen LogP contribution in [-0.2, 0) is 27.4 Å². The Labute approximate surface area is 123 Å². The zero-order valence-corrected chi connectivity index (χ0v) is 11.8. The number of fused-ring (bicyclic) bond motifs is 1. The van der Waals surface area contributed by atoms with Crippen molar-refractivity contribution in [3.05, 3.63) is 42.0 Å². The number of benzene rings is 1. The van der Waals surface area contributed by atoms with Crippen molar-refractivity contribution in [3.63, 3.8) is 0 Å². The zero-order valence-electron chi connectivity index (χ0n) is 11.8. The number of nitrogens with one attached hydrogen (secondary N) is 1. The lowest BCUT2D eigenvalue weighted by Gasteiger charge is -2.12. The molecule has 3 rings (SSSR count). The Hall–Kier alpha value is -2.14. The van der Waals surface area contributed by atoms with Crippen molar-refractivity contribution in [1.29, 1.82) is 0 Å². The lowest BCUT2D eigenvalue weighted by Crippen LogP contribution is -2.26. The van der Waals surface area contributed by atoms with E-state index in [1.807, 2.05) is 18.2 Å². The van der Waals surface area contributed by atoms with Crippen LogP contribution in [0.1, 0.15) is 24.0 Å². The summed E-state index contributed by atoms with van der Waals surface area (Å²) in [5.74, 6) is -0.166. The van der Waals surface area contributed by atoms with Crippen LogP contribution in [0.25, 0.3) is 0 Å². The van der Waals surface area contributed by atoms with E-state index in [-0.39, 0.29) is 17.9 Å². The van der Waals surface area contributed by atoms with Gasteiger partial charge in [-0.2, -0.15) is 0 Å². The molecular weight excluding hydrogens is 268 g/mol. The van der Waals surface area contributed by atoms with Crippen LogP contribution in [0.4, 0.5) is 5.69 Å². The number of amides is 2. The first-order valence-electron chi connectivity index (χ1n) is 7.13. The van der Waals surface area contributed by atoms with Gasteiger partial charge in [0.05, 0.1) is 0 Å². The summed E-state index contributed by atoms with van der Waals surface area (Å²) in [5, 5.41) is 2.88. The average Bonchev–Trinajstić information content (AvgIpc) is 3.15. The molecule has 1 aromatic rings. The van der Waals surface area contributed by atoms with Crippen molar-refractivity contribution in [2.45, 2.75) is 32.0 Å². The Morgan fingerprint density at radius 3 is 2.86 bits per heavy atom. The van der Waals surface area contributed by atoms with E-state index in [1.165, 1.54) is 6.08 Å². The highest BCUT2D eigenvalue weighted by atomic mass is 16.5. The highest BCUT2D eigenvalue weighted by molar-refractivity contribution is 5.94.